The molecule has 17 heteroatoms. The number of nitro groups is 1. The van der Waals surface area contributed by atoms with E-state index in [0.29, 0.717) is 35.9 Å². The van der Waals surface area contributed by atoms with Crippen molar-refractivity contribution >= 4 is 63.8 Å². The second-order valence-electron chi connectivity index (χ2n) is 10.2. The fourth-order valence-corrected chi connectivity index (χ4v) is 5.32. The first kappa shape index (κ1) is 36.7. The van der Waals surface area contributed by atoms with Crippen LogP contribution in [-0.4, -0.2) is 52.6 Å². The average molecular weight is 722 g/mol. The smallest absolute Gasteiger partial charge is 0.416 e. The Morgan fingerprint density at radius 2 is 1.78 bits per heavy atom. The van der Waals surface area contributed by atoms with Crippen molar-refractivity contribution in [1.29, 1.82) is 0 Å². The summed E-state index contributed by atoms with van der Waals surface area (Å²) in [6, 6.07) is 10.1. The number of anilines is 1. The highest BCUT2D eigenvalue weighted by Gasteiger charge is 2.37. The van der Waals surface area contributed by atoms with Crippen LogP contribution >= 0.6 is 23.4 Å². The number of esters is 1. The number of halogens is 4. The van der Waals surface area contributed by atoms with Gasteiger partial charge in [0.25, 0.3) is 11.1 Å². The van der Waals surface area contributed by atoms with Gasteiger partial charge in [0.1, 0.15) is 6.54 Å². The Morgan fingerprint density at radius 3 is 2.45 bits per heavy atom. The van der Waals surface area contributed by atoms with Gasteiger partial charge >= 0.3 is 17.8 Å². The van der Waals surface area contributed by atoms with Gasteiger partial charge in [0, 0.05) is 11.8 Å². The normalized spacial score (nSPS) is 13.8. The van der Waals surface area contributed by atoms with E-state index in [-0.39, 0.29) is 45.9 Å². The molecule has 3 aromatic rings. The van der Waals surface area contributed by atoms with Crippen LogP contribution in [-0.2, 0) is 20.5 Å². The summed E-state index contributed by atoms with van der Waals surface area (Å²) in [7, 11) is 0. The number of alkyl halides is 3. The lowest BCUT2D eigenvalue weighted by atomic mass is 10.1. The number of amides is 3. The Bertz CT molecular complexity index is 1830. The van der Waals surface area contributed by atoms with Gasteiger partial charge in [0.15, 0.2) is 11.5 Å². The summed E-state index contributed by atoms with van der Waals surface area (Å²) < 4.78 is 55.6. The maximum atomic E-state index is 13.1. The van der Waals surface area contributed by atoms with E-state index >= 15 is 0 Å². The zero-order chi connectivity index (χ0) is 35.9. The van der Waals surface area contributed by atoms with Gasteiger partial charge in [-0.25, -0.2) is 4.79 Å². The predicted octanol–water partition coefficient (Wildman–Crippen LogP) is 8.09. The largest absolute Gasteiger partial charge is 0.490 e. The fourth-order valence-electron chi connectivity index (χ4n) is 4.29. The van der Waals surface area contributed by atoms with E-state index in [1.165, 1.54) is 42.5 Å². The molecule has 1 heterocycles. The first-order chi connectivity index (χ1) is 23.2. The third-order valence-electron chi connectivity index (χ3n) is 6.64. The van der Waals surface area contributed by atoms with Gasteiger partial charge in [0.2, 0.25) is 11.7 Å². The van der Waals surface area contributed by atoms with E-state index in [4.69, 9.17) is 25.8 Å². The SMILES string of the molecule is CCCCOC(=O)c1cc(NC(=O)CN2C(=O)S/C(=C/c3ccc(Oc4ccc(C(F)(F)F)cc4[N+](=O)[O-])c(OCC)c3)C2=O)ccc1Cl. The number of thioether (sulfide) groups is 1. The topological polar surface area (TPSA) is 154 Å². The molecular weight excluding hydrogens is 695 g/mol. The van der Waals surface area contributed by atoms with E-state index in [1.807, 2.05) is 6.92 Å². The van der Waals surface area contributed by atoms with E-state index in [9.17, 15) is 42.5 Å². The van der Waals surface area contributed by atoms with Crippen molar-refractivity contribution in [3.05, 3.63) is 91.3 Å². The van der Waals surface area contributed by atoms with Crippen molar-refractivity contribution in [1.82, 2.24) is 4.90 Å². The first-order valence-electron chi connectivity index (χ1n) is 14.5. The van der Waals surface area contributed by atoms with Gasteiger partial charge in [-0.15, -0.1) is 0 Å². The van der Waals surface area contributed by atoms with Gasteiger partial charge < -0.3 is 19.5 Å². The summed E-state index contributed by atoms with van der Waals surface area (Å²) >= 11 is 6.69. The standard InChI is InChI=1S/C32H27ClF3N3O9S/c1-3-5-12-47-30(42)21-16-20(8-9-22(21)33)37-28(40)17-38-29(41)27(49-31(38)43)14-18-6-10-25(26(13-18)46-4-2)48-24-11-7-19(32(34,35)36)15-23(24)39(44)45/h6-11,13-16H,3-5,12,17H2,1-2H3,(H,37,40)/b27-14+. The summed E-state index contributed by atoms with van der Waals surface area (Å²) in [6.45, 7) is 3.25. The second-order valence-corrected chi connectivity index (χ2v) is 11.6. The number of nitrogens with zero attached hydrogens (tertiary/aromatic N) is 2. The van der Waals surface area contributed by atoms with Crippen molar-refractivity contribution in [2.45, 2.75) is 32.9 Å². The van der Waals surface area contributed by atoms with Crippen LogP contribution in [0.2, 0.25) is 5.02 Å². The predicted molar refractivity (Wildman–Crippen MR) is 174 cm³/mol. The van der Waals surface area contributed by atoms with Crippen LogP contribution in [0.4, 0.5) is 29.3 Å². The third kappa shape index (κ3) is 9.29. The molecule has 3 amide bonds. The van der Waals surface area contributed by atoms with Gasteiger partial charge in [-0.05, 0) is 79.2 Å². The Morgan fingerprint density at radius 1 is 1.04 bits per heavy atom. The highest BCUT2D eigenvalue weighted by molar-refractivity contribution is 8.18. The van der Waals surface area contributed by atoms with Gasteiger partial charge in [-0.3, -0.25) is 29.4 Å². The molecular formula is C32H27ClF3N3O9S. The van der Waals surface area contributed by atoms with Crippen molar-refractivity contribution in [2.24, 2.45) is 0 Å². The molecule has 0 saturated carbocycles. The minimum Gasteiger partial charge on any atom is -0.490 e. The lowest BCUT2D eigenvalue weighted by molar-refractivity contribution is -0.385. The van der Waals surface area contributed by atoms with Crippen molar-refractivity contribution in [2.75, 3.05) is 25.1 Å². The molecule has 1 aliphatic heterocycles. The lowest BCUT2D eigenvalue weighted by Gasteiger charge is -2.14. The Hall–Kier alpha value is -5.09. The Labute approximate surface area is 286 Å². The molecule has 0 aromatic heterocycles. The molecule has 1 fully saturated rings. The summed E-state index contributed by atoms with van der Waals surface area (Å²) in [6.07, 6.45) is -1.97. The van der Waals surface area contributed by atoms with Crippen LogP contribution in [0.3, 0.4) is 0 Å². The molecule has 0 aliphatic carbocycles. The number of imide groups is 1. The number of nitro benzene ring substituents is 1. The number of rotatable bonds is 13. The summed E-state index contributed by atoms with van der Waals surface area (Å²) in [4.78, 5) is 62.1. The molecule has 258 valence electrons. The minimum atomic E-state index is -4.81. The Balaban J connectivity index is 1.48. The number of unbranched alkanes of at least 4 members (excludes halogenated alkanes) is 1. The molecule has 3 aromatic carbocycles. The number of benzene rings is 3. The molecule has 0 radical (unpaired) electrons. The highest BCUT2D eigenvalue weighted by Crippen LogP contribution is 2.41. The quantitative estimate of drug-likeness (QED) is 0.0602. The number of hydrogen-bond donors (Lipinski definition) is 1. The minimum absolute atomic E-state index is 0.0316. The molecule has 1 N–H and O–H groups in total. The maximum Gasteiger partial charge on any atom is 0.416 e. The number of carbonyl (C=O) groups excluding carboxylic acids is 4. The molecule has 1 aliphatic rings. The molecule has 4 rings (SSSR count). The van der Waals surface area contributed by atoms with Crippen molar-refractivity contribution in [3.63, 3.8) is 0 Å². The zero-order valence-electron chi connectivity index (χ0n) is 25.8. The highest BCUT2D eigenvalue weighted by atomic mass is 35.5. The number of nitrogens with one attached hydrogen (secondary N) is 1. The lowest BCUT2D eigenvalue weighted by Crippen LogP contribution is -2.36. The zero-order valence-corrected chi connectivity index (χ0v) is 27.4. The van der Waals surface area contributed by atoms with Crippen LogP contribution in [0.1, 0.15) is 48.2 Å². The van der Waals surface area contributed by atoms with Crippen LogP contribution in [0, 0.1) is 10.1 Å². The van der Waals surface area contributed by atoms with E-state index in [1.54, 1.807) is 6.92 Å². The maximum absolute atomic E-state index is 13.1. The molecule has 12 nitrogen and oxygen atoms in total. The van der Waals surface area contributed by atoms with Crippen LogP contribution in [0.15, 0.2) is 59.5 Å². The van der Waals surface area contributed by atoms with Gasteiger partial charge in [-0.2, -0.15) is 13.2 Å². The van der Waals surface area contributed by atoms with Crippen molar-refractivity contribution in [3.8, 4) is 17.2 Å². The van der Waals surface area contributed by atoms with Crippen molar-refractivity contribution < 1.29 is 51.5 Å². The summed E-state index contributed by atoms with van der Waals surface area (Å²) in [5, 5.41) is 13.4. The van der Waals surface area contributed by atoms with Crippen LogP contribution in [0.25, 0.3) is 6.08 Å². The second kappa shape index (κ2) is 15.9. The van der Waals surface area contributed by atoms with E-state index < -0.39 is 57.7 Å². The number of ether oxygens (including phenoxy) is 3. The summed E-state index contributed by atoms with van der Waals surface area (Å²) in [5.74, 6) is -2.65. The van der Waals surface area contributed by atoms with E-state index in [0.717, 1.165) is 17.4 Å². The van der Waals surface area contributed by atoms with Gasteiger partial charge in [0.05, 0.1) is 39.2 Å². The first-order valence-corrected chi connectivity index (χ1v) is 15.7. The Kier molecular flexibility index (Phi) is 11.9. The van der Waals surface area contributed by atoms with Crippen LogP contribution < -0.4 is 14.8 Å². The molecule has 0 atom stereocenters. The fraction of sp³-hybridized carbons (Fsp3) is 0.250. The molecule has 0 bridgehead atoms. The molecule has 0 spiro atoms. The average Bonchev–Trinajstić information content (AvgIpc) is 3.29. The molecule has 0 unspecified atom stereocenters. The molecule has 49 heavy (non-hydrogen) atoms. The van der Waals surface area contributed by atoms with E-state index in [2.05, 4.69) is 5.32 Å². The van der Waals surface area contributed by atoms with Crippen LogP contribution in [0.5, 0.6) is 17.2 Å². The van der Waals surface area contributed by atoms with Gasteiger partial charge in [-0.1, -0.05) is 31.0 Å². The molecule has 1 saturated heterocycles. The number of carbonyl (C=O) groups is 4. The summed E-state index contributed by atoms with van der Waals surface area (Å²) in [5.41, 5.74) is -1.58. The number of hydrogen-bond acceptors (Lipinski definition) is 10. The third-order valence-corrected chi connectivity index (χ3v) is 7.88. The monoisotopic (exact) mass is 721 g/mol.